The van der Waals surface area contributed by atoms with E-state index in [9.17, 15) is 9.59 Å². The zero-order valence-electron chi connectivity index (χ0n) is 14.2. The molecule has 0 aromatic carbocycles. The highest BCUT2D eigenvalue weighted by atomic mass is 16.6. The molecule has 0 saturated carbocycles. The number of cyclic esters (lactones) is 1. The van der Waals surface area contributed by atoms with Crippen molar-refractivity contribution in [2.75, 3.05) is 63.6 Å². The van der Waals surface area contributed by atoms with Crippen molar-refractivity contribution in [3.63, 3.8) is 0 Å². The molecule has 136 valence electrons. The number of carbonyl (C=O) groups excluding carboxylic acids is 2. The minimum Gasteiger partial charge on any atom is -0.481 e. The summed E-state index contributed by atoms with van der Waals surface area (Å²) in [6, 6.07) is 1.73. The molecule has 0 atom stereocenters. The van der Waals surface area contributed by atoms with Crippen molar-refractivity contribution in [2.45, 2.75) is 6.42 Å². The van der Waals surface area contributed by atoms with Crippen molar-refractivity contribution in [2.24, 2.45) is 0 Å². The van der Waals surface area contributed by atoms with Crippen molar-refractivity contribution < 1.29 is 19.1 Å². The van der Waals surface area contributed by atoms with Crippen LogP contribution in [0.25, 0.3) is 0 Å². The average molecular weight is 350 g/mol. The van der Waals surface area contributed by atoms with Gasteiger partial charge in [0.1, 0.15) is 19.0 Å². The normalized spacial score (nSPS) is 18.1. The van der Waals surface area contributed by atoms with Gasteiger partial charge in [0.05, 0.1) is 13.7 Å². The number of nitrogen functional groups attached to an aromatic ring is 1. The maximum absolute atomic E-state index is 12.4. The zero-order chi connectivity index (χ0) is 17.8. The van der Waals surface area contributed by atoms with E-state index < -0.39 is 6.09 Å². The van der Waals surface area contributed by atoms with E-state index >= 15 is 0 Å². The lowest BCUT2D eigenvalue weighted by molar-refractivity contribution is -0.131. The molecule has 3 heterocycles. The molecule has 0 radical (unpaired) electrons. The minimum absolute atomic E-state index is 0.0626. The fourth-order valence-corrected chi connectivity index (χ4v) is 2.93. The van der Waals surface area contributed by atoms with Gasteiger partial charge in [0, 0.05) is 32.2 Å². The number of hydrogen-bond acceptors (Lipinski definition) is 8. The molecule has 3 rings (SSSR count). The summed E-state index contributed by atoms with van der Waals surface area (Å²) in [5.41, 5.74) is 5.72. The van der Waals surface area contributed by atoms with Crippen LogP contribution >= 0.6 is 0 Å². The number of anilines is 2. The molecule has 2 fully saturated rings. The number of methoxy groups -OCH3 is 1. The SMILES string of the molecule is COc1cc(N2CCCN(C(=O)CN3CCOC3=O)CC2)nc(N)n1. The van der Waals surface area contributed by atoms with Gasteiger partial charge in [0.25, 0.3) is 0 Å². The molecule has 25 heavy (non-hydrogen) atoms. The molecule has 0 unspecified atom stereocenters. The van der Waals surface area contributed by atoms with E-state index in [-0.39, 0.29) is 18.4 Å². The van der Waals surface area contributed by atoms with Crippen molar-refractivity contribution >= 4 is 23.8 Å². The average Bonchev–Trinajstić information content (AvgIpc) is 2.86. The van der Waals surface area contributed by atoms with Crippen LogP contribution in [0.4, 0.5) is 16.6 Å². The standard InChI is InChI=1S/C15H22N6O4/c1-24-12-9-11(17-14(16)18-12)19-3-2-4-20(6-5-19)13(22)10-21-7-8-25-15(21)23/h9H,2-8,10H2,1H3,(H2,16,17,18). The van der Waals surface area contributed by atoms with Gasteiger partial charge in [-0.3, -0.25) is 9.69 Å². The number of aromatic nitrogens is 2. The predicted molar refractivity (Wildman–Crippen MR) is 89.3 cm³/mol. The number of rotatable bonds is 4. The van der Waals surface area contributed by atoms with Gasteiger partial charge in [0.2, 0.25) is 17.7 Å². The summed E-state index contributed by atoms with van der Waals surface area (Å²) in [7, 11) is 1.53. The Kier molecular flexibility index (Phi) is 5.05. The zero-order valence-corrected chi connectivity index (χ0v) is 14.2. The number of nitrogens with zero attached hydrogens (tertiary/aromatic N) is 5. The summed E-state index contributed by atoms with van der Waals surface area (Å²) in [5, 5.41) is 0. The molecular weight excluding hydrogens is 328 g/mol. The summed E-state index contributed by atoms with van der Waals surface area (Å²) >= 11 is 0. The third-order valence-corrected chi connectivity index (χ3v) is 4.26. The Hall–Kier alpha value is -2.78. The molecule has 2 N–H and O–H groups in total. The van der Waals surface area contributed by atoms with E-state index in [1.165, 1.54) is 12.0 Å². The number of ether oxygens (including phenoxy) is 2. The van der Waals surface area contributed by atoms with Crippen LogP contribution in [0.1, 0.15) is 6.42 Å². The highest BCUT2D eigenvalue weighted by molar-refractivity contribution is 5.83. The van der Waals surface area contributed by atoms with Gasteiger partial charge in [-0.25, -0.2) is 4.79 Å². The van der Waals surface area contributed by atoms with Gasteiger partial charge in [0.15, 0.2) is 0 Å². The van der Waals surface area contributed by atoms with Crippen LogP contribution in [0.3, 0.4) is 0 Å². The molecule has 0 bridgehead atoms. The summed E-state index contributed by atoms with van der Waals surface area (Å²) in [6.07, 6.45) is 0.371. The largest absolute Gasteiger partial charge is 0.481 e. The molecule has 10 heteroatoms. The van der Waals surface area contributed by atoms with Crippen molar-refractivity contribution in [3.8, 4) is 5.88 Å². The van der Waals surface area contributed by atoms with E-state index in [1.807, 2.05) is 0 Å². The molecule has 0 aliphatic carbocycles. The Labute approximate surface area is 145 Å². The van der Waals surface area contributed by atoms with E-state index in [1.54, 1.807) is 11.0 Å². The lowest BCUT2D eigenvalue weighted by atomic mass is 10.3. The topological polar surface area (TPSA) is 114 Å². The molecule has 1 aromatic rings. The number of nitrogens with two attached hydrogens (primary N) is 1. The van der Waals surface area contributed by atoms with Crippen molar-refractivity contribution in [1.29, 1.82) is 0 Å². The van der Waals surface area contributed by atoms with Gasteiger partial charge in [-0.1, -0.05) is 0 Å². The van der Waals surface area contributed by atoms with Crippen LogP contribution < -0.4 is 15.4 Å². The van der Waals surface area contributed by atoms with Crippen LogP contribution in [0, 0.1) is 0 Å². The molecule has 1 aromatic heterocycles. The third kappa shape index (κ3) is 4.01. The number of hydrogen-bond donors (Lipinski definition) is 1. The van der Waals surface area contributed by atoms with Gasteiger partial charge in [-0.15, -0.1) is 0 Å². The van der Waals surface area contributed by atoms with Crippen LogP contribution in [-0.4, -0.2) is 84.8 Å². The highest BCUT2D eigenvalue weighted by Gasteiger charge is 2.27. The Morgan fingerprint density at radius 3 is 2.84 bits per heavy atom. The maximum Gasteiger partial charge on any atom is 0.410 e. The van der Waals surface area contributed by atoms with Crippen LogP contribution in [0.15, 0.2) is 6.07 Å². The Bertz CT molecular complexity index is 655. The van der Waals surface area contributed by atoms with Crippen LogP contribution in [-0.2, 0) is 9.53 Å². The van der Waals surface area contributed by atoms with E-state index in [2.05, 4.69) is 14.9 Å². The quantitative estimate of drug-likeness (QED) is 0.777. The van der Waals surface area contributed by atoms with E-state index in [0.717, 1.165) is 13.0 Å². The summed E-state index contributed by atoms with van der Waals surface area (Å²) in [4.78, 5) is 37.4. The Morgan fingerprint density at radius 2 is 2.12 bits per heavy atom. The minimum atomic E-state index is -0.423. The lowest BCUT2D eigenvalue weighted by Crippen LogP contribution is -2.42. The maximum atomic E-state index is 12.4. The Balaban J connectivity index is 1.61. The van der Waals surface area contributed by atoms with E-state index in [0.29, 0.717) is 44.5 Å². The Morgan fingerprint density at radius 1 is 1.28 bits per heavy atom. The monoisotopic (exact) mass is 350 g/mol. The summed E-state index contributed by atoms with van der Waals surface area (Å²) in [6.45, 7) is 3.42. The van der Waals surface area contributed by atoms with Crippen LogP contribution in [0.2, 0.25) is 0 Å². The molecule has 2 aliphatic rings. The molecule has 2 saturated heterocycles. The summed E-state index contributed by atoms with van der Waals surface area (Å²) < 4.78 is 9.99. The first kappa shape index (κ1) is 17.1. The van der Waals surface area contributed by atoms with E-state index in [4.69, 9.17) is 15.2 Å². The third-order valence-electron chi connectivity index (χ3n) is 4.26. The van der Waals surface area contributed by atoms with Gasteiger partial charge < -0.3 is 25.0 Å². The second-order valence-corrected chi connectivity index (χ2v) is 5.88. The van der Waals surface area contributed by atoms with Gasteiger partial charge >= 0.3 is 6.09 Å². The molecular formula is C15H22N6O4. The van der Waals surface area contributed by atoms with Gasteiger partial charge in [-0.05, 0) is 6.42 Å². The first-order valence-corrected chi connectivity index (χ1v) is 8.20. The predicted octanol–water partition coefficient (Wildman–Crippen LogP) is -0.442. The number of carbonyl (C=O) groups is 2. The number of amides is 2. The molecule has 0 spiro atoms. The van der Waals surface area contributed by atoms with Crippen LogP contribution in [0.5, 0.6) is 5.88 Å². The van der Waals surface area contributed by atoms with Crippen molar-refractivity contribution in [1.82, 2.24) is 19.8 Å². The molecule has 2 aliphatic heterocycles. The molecule has 2 amide bonds. The first-order valence-electron chi connectivity index (χ1n) is 8.20. The fraction of sp³-hybridized carbons (Fsp3) is 0.600. The highest BCUT2D eigenvalue weighted by Crippen LogP contribution is 2.20. The molecule has 10 nitrogen and oxygen atoms in total. The lowest BCUT2D eigenvalue weighted by Gasteiger charge is -2.24. The fourth-order valence-electron chi connectivity index (χ4n) is 2.93. The van der Waals surface area contributed by atoms with Crippen molar-refractivity contribution in [3.05, 3.63) is 6.07 Å². The second-order valence-electron chi connectivity index (χ2n) is 5.88. The summed E-state index contributed by atoms with van der Waals surface area (Å²) in [5.74, 6) is 1.17. The van der Waals surface area contributed by atoms with Gasteiger partial charge in [-0.2, -0.15) is 9.97 Å². The smallest absolute Gasteiger partial charge is 0.410 e. The first-order chi connectivity index (χ1) is 12.1. The second kappa shape index (κ2) is 7.41.